The lowest BCUT2D eigenvalue weighted by Crippen LogP contribution is -2.35. The van der Waals surface area contributed by atoms with Crippen LogP contribution in [0, 0.1) is 0 Å². The second-order valence-corrected chi connectivity index (χ2v) is 6.58. The molecule has 2 N–H and O–H groups in total. The molecule has 3 nitrogen and oxygen atoms in total. The molecule has 1 aromatic heterocycles. The maximum absolute atomic E-state index is 5.75. The Morgan fingerprint density at radius 1 is 0.824 bits per heavy atom. The molecular weight excluding hydrogens is 212 g/mol. The molecule has 0 spiro atoms. The van der Waals surface area contributed by atoms with Crippen LogP contribution < -0.4 is 10.6 Å². The Morgan fingerprint density at radius 2 is 1.18 bits per heavy atom. The third kappa shape index (κ3) is 6.49. The van der Waals surface area contributed by atoms with Gasteiger partial charge in [-0.25, -0.2) is 0 Å². The van der Waals surface area contributed by atoms with Crippen molar-refractivity contribution in [3.63, 3.8) is 0 Å². The molecule has 0 fully saturated rings. The molecule has 0 saturated carbocycles. The van der Waals surface area contributed by atoms with E-state index in [9.17, 15) is 0 Å². The van der Waals surface area contributed by atoms with Crippen LogP contribution >= 0.6 is 0 Å². The SMILES string of the molecule is CC(C)(C)NCc1ccc(CNC(C)(C)C)o1. The molecule has 0 aliphatic heterocycles. The molecule has 0 saturated heterocycles. The van der Waals surface area contributed by atoms with Crippen molar-refractivity contribution in [2.45, 2.75) is 65.7 Å². The number of nitrogens with one attached hydrogen (secondary N) is 2. The van der Waals surface area contributed by atoms with E-state index in [0.717, 1.165) is 24.6 Å². The average Bonchev–Trinajstić information content (AvgIpc) is 2.57. The monoisotopic (exact) mass is 238 g/mol. The summed E-state index contributed by atoms with van der Waals surface area (Å²) in [7, 11) is 0. The Morgan fingerprint density at radius 3 is 1.47 bits per heavy atom. The summed E-state index contributed by atoms with van der Waals surface area (Å²) in [5.74, 6) is 1.98. The Labute approximate surface area is 105 Å². The predicted octanol–water partition coefficient (Wildman–Crippen LogP) is 3.06. The van der Waals surface area contributed by atoms with Gasteiger partial charge in [0.2, 0.25) is 0 Å². The third-order valence-corrected chi connectivity index (χ3v) is 2.30. The molecule has 0 atom stereocenters. The maximum Gasteiger partial charge on any atom is 0.118 e. The highest BCUT2D eigenvalue weighted by Crippen LogP contribution is 2.11. The van der Waals surface area contributed by atoms with E-state index in [1.54, 1.807) is 0 Å². The van der Waals surface area contributed by atoms with Gasteiger partial charge in [0.25, 0.3) is 0 Å². The Hall–Kier alpha value is -0.800. The molecule has 0 bridgehead atoms. The van der Waals surface area contributed by atoms with Crippen molar-refractivity contribution in [3.05, 3.63) is 23.7 Å². The van der Waals surface area contributed by atoms with E-state index in [2.05, 4.69) is 52.2 Å². The second-order valence-electron chi connectivity index (χ2n) is 6.58. The fourth-order valence-corrected chi connectivity index (χ4v) is 1.32. The highest BCUT2D eigenvalue weighted by Gasteiger charge is 2.12. The van der Waals surface area contributed by atoms with Crippen LogP contribution in [-0.2, 0) is 13.1 Å². The smallest absolute Gasteiger partial charge is 0.118 e. The molecule has 0 aromatic carbocycles. The summed E-state index contributed by atoms with van der Waals surface area (Å²) in [6.07, 6.45) is 0. The summed E-state index contributed by atoms with van der Waals surface area (Å²) in [5, 5.41) is 6.82. The molecule has 0 radical (unpaired) electrons. The van der Waals surface area contributed by atoms with Crippen LogP contribution in [0.5, 0.6) is 0 Å². The van der Waals surface area contributed by atoms with Gasteiger partial charge in [0.15, 0.2) is 0 Å². The van der Waals surface area contributed by atoms with Crippen LogP contribution in [0.1, 0.15) is 53.1 Å². The molecule has 0 amide bonds. The standard InChI is InChI=1S/C14H26N2O/c1-13(2,3)15-9-11-7-8-12(17-11)10-16-14(4,5)6/h7-8,15-16H,9-10H2,1-6H3. The van der Waals surface area contributed by atoms with Gasteiger partial charge in [0.05, 0.1) is 13.1 Å². The van der Waals surface area contributed by atoms with Crippen molar-refractivity contribution in [2.75, 3.05) is 0 Å². The molecule has 0 unspecified atom stereocenters. The summed E-state index contributed by atoms with van der Waals surface area (Å²) in [4.78, 5) is 0. The molecule has 0 aliphatic carbocycles. The third-order valence-electron chi connectivity index (χ3n) is 2.30. The van der Waals surface area contributed by atoms with Crippen LogP contribution in [0.25, 0.3) is 0 Å². The zero-order chi connectivity index (χ0) is 13.1. The average molecular weight is 238 g/mol. The maximum atomic E-state index is 5.75. The zero-order valence-corrected chi connectivity index (χ0v) is 12.0. The first-order chi connectivity index (χ1) is 7.66. The van der Waals surface area contributed by atoms with Gasteiger partial charge in [-0.05, 0) is 53.7 Å². The minimum atomic E-state index is 0.122. The molecule has 1 rings (SSSR count). The van der Waals surface area contributed by atoms with E-state index < -0.39 is 0 Å². The first kappa shape index (κ1) is 14.3. The molecule has 0 aliphatic rings. The molecule has 98 valence electrons. The number of hydrogen-bond donors (Lipinski definition) is 2. The van der Waals surface area contributed by atoms with E-state index in [1.165, 1.54) is 0 Å². The summed E-state index contributed by atoms with van der Waals surface area (Å²) in [5.41, 5.74) is 0.243. The van der Waals surface area contributed by atoms with Crippen LogP contribution in [0.3, 0.4) is 0 Å². The Balaban J connectivity index is 2.43. The molecule has 17 heavy (non-hydrogen) atoms. The minimum Gasteiger partial charge on any atom is -0.463 e. The summed E-state index contributed by atoms with van der Waals surface area (Å²) >= 11 is 0. The summed E-state index contributed by atoms with van der Waals surface area (Å²) in [6.45, 7) is 14.5. The normalized spacial score (nSPS) is 13.1. The van der Waals surface area contributed by atoms with Crippen LogP contribution in [-0.4, -0.2) is 11.1 Å². The van der Waals surface area contributed by atoms with E-state index in [4.69, 9.17) is 4.42 Å². The highest BCUT2D eigenvalue weighted by molar-refractivity contribution is 5.07. The van der Waals surface area contributed by atoms with E-state index >= 15 is 0 Å². The first-order valence-electron chi connectivity index (χ1n) is 6.23. The van der Waals surface area contributed by atoms with Gasteiger partial charge in [-0.2, -0.15) is 0 Å². The molecular formula is C14H26N2O. The van der Waals surface area contributed by atoms with Crippen LogP contribution in [0.2, 0.25) is 0 Å². The van der Waals surface area contributed by atoms with E-state index in [-0.39, 0.29) is 11.1 Å². The van der Waals surface area contributed by atoms with Crippen molar-refractivity contribution < 1.29 is 4.42 Å². The fraction of sp³-hybridized carbons (Fsp3) is 0.714. The largest absolute Gasteiger partial charge is 0.463 e. The Kier molecular flexibility index (Phi) is 4.39. The summed E-state index contributed by atoms with van der Waals surface area (Å²) in [6, 6.07) is 4.08. The van der Waals surface area contributed by atoms with Crippen molar-refractivity contribution in [2.24, 2.45) is 0 Å². The topological polar surface area (TPSA) is 37.2 Å². The van der Waals surface area contributed by atoms with Crippen LogP contribution in [0.4, 0.5) is 0 Å². The molecule has 1 aromatic rings. The van der Waals surface area contributed by atoms with E-state index in [0.29, 0.717) is 0 Å². The van der Waals surface area contributed by atoms with Gasteiger partial charge in [0, 0.05) is 11.1 Å². The highest BCUT2D eigenvalue weighted by atomic mass is 16.3. The predicted molar refractivity (Wildman–Crippen MR) is 71.9 cm³/mol. The van der Waals surface area contributed by atoms with Gasteiger partial charge in [-0.15, -0.1) is 0 Å². The number of furan rings is 1. The quantitative estimate of drug-likeness (QED) is 0.846. The lowest BCUT2D eigenvalue weighted by Gasteiger charge is -2.20. The van der Waals surface area contributed by atoms with Gasteiger partial charge in [-0.3, -0.25) is 0 Å². The molecule has 3 heteroatoms. The van der Waals surface area contributed by atoms with Gasteiger partial charge < -0.3 is 15.1 Å². The zero-order valence-electron chi connectivity index (χ0n) is 12.0. The molecule has 1 heterocycles. The first-order valence-corrected chi connectivity index (χ1v) is 6.23. The van der Waals surface area contributed by atoms with E-state index in [1.807, 2.05) is 12.1 Å². The second kappa shape index (κ2) is 5.23. The number of hydrogen-bond acceptors (Lipinski definition) is 3. The summed E-state index contributed by atoms with van der Waals surface area (Å²) < 4.78 is 5.75. The van der Waals surface area contributed by atoms with Gasteiger partial charge >= 0.3 is 0 Å². The van der Waals surface area contributed by atoms with Gasteiger partial charge in [-0.1, -0.05) is 0 Å². The minimum absolute atomic E-state index is 0.122. The Bertz CT molecular complexity index is 309. The lowest BCUT2D eigenvalue weighted by molar-refractivity contribution is 0.356. The lowest BCUT2D eigenvalue weighted by atomic mass is 10.1. The number of rotatable bonds is 4. The fourth-order valence-electron chi connectivity index (χ4n) is 1.32. The van der Waals surface area contributed by atoms with Crippen molar-refractivity contribution in [3.8, 4) is 0 Å². The van der Waals surface area contributed by atoms with Crippen molar-refractivity contribution in [1.82, 2.24) is 10.6 Å². The van der Waals surface area contributed by atoms with Crippen LogP contribution in [0.15, 0.2) is 16.5 Å². The van der Waals surface area contributed by atoms with Crippen molar-refractivity contribution >= 4 is 0 Å². The van der Waals surface area contributed by atoms with Gasteiger partial charge in [0.1, 0.15) is 11.5 Å². The van der Waals surface area contributed by atoms with Crippen molar-refractivity contribution in [1.29, 1.82) is 0 Å².